The number of ketones is 1. The molecule has 0 bridgehead atoms. The third-order valence-electron chi connectivity index (χ3n) is 2.79. The number of hydrogen-bond acceptors (Lipinski definition) is 5. The average Bonchev–Trinajstić information content (AvgIpc) is 2.33. The number of hydrogen-bond donors (Lipinski definition) is 2. The van der Waals surface area contributed by atoms with Crippen LogP contribution in [0.1, 0.15) is 12.0 Å². The predicted molar refractivity (Wildman–Crippen MR) is 64.6 cm³/mol. The Bertz CT molecular complexity index is 389. The van der Waals surface area contributed by atoms with Crippen molar-refractivity contribution in [1.29, 1.82) is 0 Å². The number of nitrogens with two attached hydrogens (primary N) is 1. The molecule has 5 nitrogen and oxygen atoms in total. The van der Waals surface area contributed by atoms with Crippen LogP contribution < -0.4 is 11.1 Å². The van der Waals surface area contributed by atoms with E-state index in [1.54, 1.807) is 12.3 Å². The van der Waals surface area contributed by atoms with Gasteiger partial charge in [0.1, 0.15) is 11.6 Å². The molecule has 92 valence electrons. The van der Waals surface area contributed by atoms with Gasteiger partial charge in [-0.25, -0.2) is 4.98 Å². The second-order valence-corrected chi connectivity index (χ2v) is 4.19. The van der Waals surface area contributed by atoms with Gasteiger partial charge >= 0.3 is 0 Å². The average molecular weight is 235 g/mol. The molecular formula is C12H17N3O2. The Morgan fingerprint density at radius 1 is 1.65 bits per heavy atom. The van der Waals surface area contributed by atoms with Crippen LogP contribution in [0.25, 0.3) is 0 Å². The molecule has 17 heavy (non-hydrogen) atoms. The molecule has 1 aromatic rings. The summed E-state index contributed by atoms with van der Waals surface area (Å²) in [5, 5.41) is 3.26. The standard InChI is InChI=1S/C12H17N3O2/c13-12-9(2-1-3-15-12)6-11(16)7-10-8-17-5-4-14-10/h1-3,10,14H,4-8H2,(H2,13,15). The minimum Gasteiger partial charge on any atom is -0.383 e. The molecule has 0 spiro atoms. The molecule has 0 amide bonds. The van der Waals surface area contributed by atoms with Crippen molar-refractivity contribution >= 4 is 11.6 Å². The van der Waals surface area contributed by atoms with Crippen LogP contribution in [-0.2, 0) is 16.0 Å². The molecule has 0 radical (unpaired) electrons. The molecule has 1 atom stereocenters. The third-order valence-corrected chi connectivity index (χ3v) is 2.79. The fourth-order valence-electron chi connectivity index (χ4n) is 1.91. The summed E-state index contributed by atoms with van der Waals surface area (Å²) in [4.78, 5) is 15.8. The van der Waals surface area contributed by atoms with Gasteiger partial charge in [-0.3, -0.25) is 4.79 Å². The number of pyridine rings is 1. The number of nitrogen functional groups attached to an aromatic ring is 1. The summed E-state index contributed by atoms with van der Waals surface area (Å²) in [6.07, 6.45) is 2.45. The van der Waals surface area contributed by atoms with E-state index in [4.69, 9.17) is 10.5 Å². The van der Waals surface area contributed by atoms with Crippen LogP contribution in [0.3, 0.4) is 0 Å². The first-order chi connectivity index (χ1) is 8.25. The SMILES string of the molecule is Nc1ncccc1CC(=O)CC1COCCN1. The Kier molecular flexibility index (Phi) is 4.06. The molecule has 1 saturated heterocycles. The van der Waals surface area contributed by atoms with Crippen LogP contribution in [0.4, 0.5) is 5.82 Å². The highest BCUT2D eigenvalue weighted by Gasteiger charge is 2.17. The molecule has 1 aliphatic heterocycles. The van der Waals surface area contributed by atoms with Gasteiger partial charge in [0.2, 0.25) is 0 Å². The largest absolute Gasteiger partial charge is 0.383 e. The highest BCUT2D eigenvalue weighted by molar-refractivity contribution is 5.82. The van der Waals surface area contributed by atoms with E-state index in [2.05, 4.69) is 10.3 Å². The second-order valence-electron chi connectivity index (χ2n) is 4.19. The normalized spacial score (nSPS) is 20.1. The lowest BCUT2D eigenvalue weighted by Gasteiger charge is -2.23. The Morgan fingerprint density at radius 2 is 2.53 bits per heavy atom. The first-order valence-electron chi connectivity index (χ1n) is 5.78. The van der Waals surface area contributed by atoms with E-state index < -0.39 is 0 Å². The number of rotatable bonds is 4. The lowest BCUT2D eigenvalue weighted by molar-refractivity contribution is -0.119. The van der Waals surface area contributed by atoms with Crippen molar-refractivity contribution in [2.75, 3.05) is 25.5 Å². The predicted octanol–water partition coefficient (Wildman–Crippen LogP) is 0.154. The maximum absolute atomic E-state index is 11.9. The van der Waals surface area contributed by atoms with Gasteiger partial charge in [-0.1, -0.05) is 6.07 Å². The quantitative estimate of drug-likeness (QED) is 0.777. The monoisotopic (exact) mass is 235 g/mol. The van der Waals surface area contributed by atoms with Gasteiger partial charge < -0.3 is 15.8 Å². The first-order valence-corrected chi connectivity index (χ1v) is 5.78. The van der Waals surface area contributed by atoms with Gasteiger partial charge in [0.25, 0.3) is 0 Å². The van der Waals surface area contributed by atoms with E-state index in [9.17, 15) is 4.79 Å². The maximum atomic E-state index is 11.9. The van der Waals surface area contributed by atoms with E-state index in [-0.39, 0.29) is 11.8 Å². The fraction of sp³-hybridized carbons (Fsp3) is 0.500. The van der Waals surface area contributed by atoms with Crippen LogP contribution in [-0.4, -0.2) is 36.6 Å². The summed E-state index contributed by atoms with van der Waals surface area (Å²) in [5.74, 6) is 0.599. The summed E-state index contributed by atoms with van der Waals surface area (Å²) in [7, 11) is 0. The third kappa shape index (κ3) is 3.51. The molecule has 0 aliphatic carbocycles. The Balaban J connectivity index is 1.86. The molecule has 2 heterocycles. The molecule has 0 aromatic carbocycles. The molecule has 1 aromatic heterocycles. The number of nitrogens with zero attached hydrogens (tertiary/aromatic N) is 1. The topological polar surface area (TPSA) is 77.2 Å². The molecular weight excluding hydrogens is 218 g/mol. The Hall–Kier alpha value is -1.46. The van der Waals surface area contributed by atoms with Crippen LogP contribution in [0.5, 0.6) is 0 Å². The van der Waals surface area contributed by atoms with Crippen LogP contribution in [0.15, 0.2) is 18.3 Å². The van der Waals surface area contributed by atoms with Crippen molar-refractivity contribution in [3.8, 4) is 0 Å². The number of morpholine rings is 1. The van der Waals surface area contributed by atoms with Crippen molar-refractivity contribution < 1.29 is 9.53 Å². The van der Waals surface area contributed by atoms with Crippen LogP contribution in [0, 0.1) is 0 Å². The van der Waals surface area contributed by atoms with Gasteiger partial charge in [-0.2, -0.15) is 0 Å². The number of Topliss-reactive ketones (excluding diaryl/α,β-unsaturated/α-hetero) is 1. The second kappa shape index (κ2) is 5.75. The number of carbonyl (C=O) groups is 1. The molecule has 1 unspecified atom stereocenters. The number of carbonyl (C=O) groups excluding carboxylic acids is 1. The van der Waals surface area contributed by atoms with Crippen molar-refractivity contribution in [3.63, 3.8) is 0 Å². The van der Waals surface area contributed by atoms with Crippen molar-refractivity contribution in [2.24, 2.45) is 0 Å². The Labute approximate surface area is 100 Å². The summed E-state index contributed by atoms with van der Waals surface area (Å²) in [6.45, 7) is 2.14. The summed E-state index contributed by atoms with van der Waals surface area (Å²) in [6, 6.07) is 3.76. The molecule has 2 rings (SSSR count). The molecule has 1 fully saturated rings. The van der Waals surface area contributed by atoms with Crippen molar-refractivity contribution in [1.82, 2.24) is 10.3 Å². The highest BCUT2D eigenvalue weighted by atomic mass is 16.5. The summed E-state index contributed by atoms with van der Waals surface area (Å²) in [5.41, 5.74) is 6.50. The molecule has 1 aliphatic rings. The molecule has 0 saturated carbocycles. The van der Waals surface area contributed by atoms with Crippen molar-refractivity contribution in [2.45, 2.75) is 18.9 Å². The van der Waals surface area contributed by atoms with Gasteiger partial charge in [-0.15, -0.1) is 0 Å². The van der Waals surface area contributed by atoms with Crippen LogP contribution in [0.2, 0.25) is 0 Å². The lowest BCUT2D eigenvalue weighted by Crippen LogP contribution is -2.42. The molecule has 5 heteroatoms. The lowest BCUT2D eigenvalue weighted by atomic mass is 10.0. The van der Waals surface area contributed by atoms with E-state index >= 15 is 0 Å². The Morgan fingerprint density at radius 3 is 3.24 bits per heavy atom. The zero-order chi connectivity index (χ0) is 12.1. The molecule has 3 N–H and O–H groups in total. The van der Waals surface area contributed by atoms with E-state index in [0.29, 0.717) is 25.3 Å². The number of nitrogens with one attached hydrogen (secondary N) is 1. The van der Waals surface area contributed by atoms with Gasteiger partial charge in [0, 0.05) is 37.2 Å². The van der Waals surface area contributed by atoms with Crippen molar-refractivity contribution in [3.05, 3.63) is 23.9 Å². The van der Waals surface area contributed by atoms with E-state index in [1.165, 1.54) is 0 Å². The fourth-order valence-corrected chi connectivity index (χ4v) is 1.91. The zero-order valence-corrected chi connectivity index (χ0v) is 9.69. The van der Waals surface area contributed by atoms with Gasteiger partial charge in [0.15, 0.2) is 0 Å². The minimum atomic E-state index is 0.133. The summed E-state index contributed by atoms with van der Waals surface area (Å²) >= 11 is 0. The zero-order valence-electron chi connectivity index (χ0n) is 9.69. The van der Waals surface area contributed by atoms with E-state index in [1.807, 2.05) is 6.07 Å². The van der Waals surface area contributed by atoms with Gasteiger partial charge in [-0.05, 0) is 6.07 Å². The van der Waals surface area contributed by atoms with Crippen LogP contribution >= 0.6 is 0 Å². The summed E-state index contributed by atoms with van der Waals surface area (Å²) < 4.78 is 5.31. The van der Waals surface area contributed by atoms with E-state index in [0.717, 1.165) is 18.7 Å². The minimum absolute atomic E-state index is 0.133. The smallest absolute Gasteiger partial charge is 0.139 e. The first kappa shape index (κ1) is 12.0. The number of anilines is 1. The highest BCUT2D eigenvalue weighted by Crippen LogP contribution is 2.10. The number of ether oxygens (including phenoxy) is 1. The number of aromatic nitrogens is 1. The maximum Gasteiger partial charge on any atom is 0.139 e. The van der Waals surface area contributed by atoms with Gasteiger partial charge in [0.05, 0.1) is 13.2 Å².